The number of hydrogen-bond acceptors (Lipinski definition) is 4. The van der Waals surface area contributed by atoms with Gasteiger partial charge in [0.25, 0.3) is 5.91 Å². The van der Waals surface area contributed by atoms with Crippen LogP contribution >= 0.6 is 0 Å². The fourth-order valence-corrected chi connectivity index (χ4v) is 2.89. The van der Waals surface area contributed by atoms with Crippen molar-refractivity contribution >= 4 is 17.6 Å². The Balaban J connectivity index is 1.52. The Morgan fingerprint density at radius 1 is 1.19 bits per heavy atom. The molecule has 1 aliphatic rings. The number of aromatic nitrogens is 1. The minimum atomic E-state index is -0.244. The summed E-state index contributed by atoms with van der Waals surface area (Å²) in [5, 5.41) is 2.83. The third kappa shape index (κ3) is 5.44. The Bertz CT molecular complexity index is 776. The number of likely N-dealkylation sites (tertiary alicyclic amines) is 1. The van der Waals surface area contributed by atoms with Gasteiger partial charge in [-0.1, -0.05) is 12.1 Å². The molecule has 0 atom stereocenters. The van der Waals surface area contributed by atoms with Crippen molar-refractivity contribution < 1.29 is 14.3 Å². The van der Waals surface area contributed by atoms with E-state index in [-0.39, 0.29) is 18.5 Å². The number of hydrogen-bond donors (Lipinski definition) is 1. The molecule has 1 fully saturated rings. The normalized spacial score (nSPS) is 13.3. The van der Waals surface area contributed by atoms with Crippen molar-refractivity contribution in [3.63, 3.8) is 0 Å². The number of nitrogens with one attached hydrogen (secondary N) is 1. The Morgan fingerprint density at radius 3 is 2.74 bits per heavy atom. The Morgan fingerprint density at radius 2 is 2.00 bits per heavy atom. The van der Waals surface area contributed by atoms with Crippen molar-refractivity contribution in [1.29, 1.82) is 0 Å². The summed E-state index contributed by atoms with van der Waals surface area (Å²) in [7, 11) is 1.71. The van der Waals surface area contributed by atoms with E-state index < -0.39 is 0 Å². The third-order valence-corrected chi connectivity index (χ3v) is 4.38. The van der Waals surface area contributed by atoms with Crippen molar-refractivity contribution in [1.82, 2.24) is 14.8 Å². The molecular weight excluding hydrogens is 344 g/mol. The molecule has 0 unspecified atom stereocenters. The Hall–Kier alpha value is -3.09. The monoisotopic (exact) mass is 368 g/mol. The maximum atomic E-state index is 12.4. The first-order valence-corrected chi connectivity index (χ1v) is 9.04. The van der Waals surface area contributed by atoms with Gasteiger partial charge in [-0.3, -0.25) is 9.78 Å². The highest BCUT2D eigenvalue weighted by Gasteiger charge is 2.18. The van der Waals surface area contributed by atoms with Crippen LogP contribution < -0.4 is 10.1 Å². The number of anilines is 1. The Kier molecular flexibility index (Phi) is 6.25. The summed E-state index contributed by atoms with van der Waals surface area (Å²) >= 11 is 0. The summed E-state index contributed by atoms with van der Waals surface area (Å²) in [5.74, 6) is 0.546. The summed E-state index contributed by atoms with van der Waals surface area (Å²) in [6, 6.07) is 12.4. The molecule has 0 spiro atoms. The first-order valence-electron chi connectivity index (χ1n) is 9.04. The fourth-order valence-electron chi connectivity index (χ4n) is 2.89. The molecule has 7 heteroatoms. The second-order valence-corrected chi connectivity index (χ2v) is 6.51. The Labute approximate surface area is 158 Å². The lowest BCUT2D eigenvalue weighted by molar-refractivity contribution is -0.132. The zero-order valence-corrected chi connectivity index (χ0v) is 15.4. The number of ether oxygens (including phenoxy) is 1. The van der Waals surface area contributed by atoms with E-state index in [1.54, 1.807) is 42.4 Å². The smallest absolute Gasteiger partial charge is 0.321 e. The zero-order valence-electron chi connectivity index (χ0n) is 15.4. The molecule has 0 aliphatic carbocycles. The second-order valence-electron chi connectivity index (χ2n) is 6.51. The van der Waals surface area contributed by atoms with E-state index >= 15 is 0 Å². The number of carbonyl (C=O) groups excluding carboxylic acids is 2. The molecule has 0 bridgehead atoms. The quantitative estimate of drug-likeness (QED) is 0.851. The van der Waals surface area contributed by atoms with Crippen molar-refractivity contribution in [3.05, 3.63) is 54.4 Å². The van der Waals surface area contributed by atoms with Gasteiger partial charge in [-0.15, -0.1) is 0 Å². The molecule has 2 aromatic rings. The molecule has 0 saturated carbocycles. The van der Waals surface area contributed by atoms with Gasteiger partial charge in [0, 0.05) is 38.1 Å². The summed E-state index contributed by atoms with van der Waals surface area (Å²) < 4.78 is 5.59. The van der Waals surface area contributed by atoms with E-state index in [1.807, 2.05) is 23.1 Å². The van der Waals surface area contributed by atoms with E-state index in [2.05, 4.69) is 10.3 Å². The predicted octanol–water partition coefficient (Wildman–Crippen LogP) is 2.75. The first kappa shape index (κ1) is 18.7. The number of rotatable bonds is 6. The van der Waals surface area contributed by atoms with Crippen LogP contribution in [0.2, 0.25) is 0 Å². The molecular formula is C20H24N4O3. The highest BCUT2D eigenvalue weighted by atomic mass is 16.5. The summed E-state index contributed by atoms with van der Waals surface area (Å²) in [6.45, 7) is 2.03. The number of amides is 3. The van der Waals surface area contributed by atoms with E-state index in [4.69, 9.17) is 4.74 Å². The molecule has 0 radical (unpaired) electrons. The van der Waals surface area contributed by atoms with Crippen LogP contribution in [0.4, 0.5) is 10.5 Å². The molecule has 1 aliphatic heterocycles. The highest BCUT2D eigenvalue weighted by Crippen LogP contribution is 2.18. The molecule has 2 heterocycles. The molecule has 142 valence electrons. The van der Waals surface area contributed by atoms with Gasteiger partial charge in [0.1, 0.15) is 5.75 Å². The van der Waals surface area contributed by atoms with Crippen LogP contribution in [0.15, 0.2) is 48.7 Å². The largest absolute Gasteiger partial charge is 0.484 e. The van der Waals surface area contributed by atoms with Gasteiger partial charge in [-0.05, 0) is 37.1 Å². The van der Waals surface area contributed by atoms with E-state index in [0.29, 0.717) is 18.0 Å². The molecule has 1 saturated heterocycles. The molecule has 27 heavy (non-hydrogen) atoms. The SMILES string of the molecule is CN(Cc1ccccn1)C(=O)Nc1cccc(OCC(=O)N2CCCC2)c1. The molecule has 3 rings (SSSR count). The zero-order chi connectivity index (χ0) is 19.1. The highest BCUT2D eigenvalue weighted by molar-refractivity contribution is 5.89. The summed E-state index contributed by atoms with van der Waals surface area (Å²) in [5.41, 5.74) is 1.42. The molecule has 1 aromatic heterocycles. The van der Waals surface area contributed by atoms with Crippen LogP contribution in [0.5, 0.6) is 5.75 Å². The number of pyridine rings is 1. The van der Waals surface area contributed by atoms with Gasteiger partial charge in [0.05, 0.1) is 12.2 Å². The lowest BCUT2D eigenvalue weighted by Crippen LogP contribution is -2.32. The van der Waals surface area contributed by atoms with Gasteiger partial charge in [0.15, 0.2) is 6.61 Å². The van der Waals surface area contributed by atoms with Gasteiger partial charge in [-0.2, -0.15) is 0 Å². The van der Waals surface area contributed by atoms with Gasteiger partial charge >= 0.3 is 6.03 Å². The predicted molar refractivity (Wildman–Crippen MR) is 102 cm³/mol. The van der Waals surface area contributed by atoms with Crippen molar-refractivity contribution in [2.75, 3.05) is 32.1 Å². The maximum absolute atomic E-state index is 12.4. The molecule has 1 N–H and O–H groups in total. The first-order chi connectivity index (χ1) is 13.1. The standard InChI is InChI=1S/C20H24N4O3/c1-23(14-17-7-2-3-10-21-17)20(26)22-16-8-6-9-18(13-16)27-15-19(25)24-11-4-5-12-24/h2-3,6-10,13H,4-5,11-12,14-15H2,1H3,(H,22,26). The third-order valence-electron chi connectivity index (χ3n) is 4.38. The van der Waals surface area contributed by atoms with Crippen LogP contribution in [0.25, 0.3) is 0 Å². The van der Waals surface area contributed by atoms with Crippen LogP contribution in [-0.2, 0) is 11.3 Å². The lowest BCUT2D eigenvalue weighted by atomic mass is 10.3. The fraction of sp³-hybridized carbons (Fsp3) is 0.350. The summed E-state index contributed by atoms with van der Waals surface area (Å²) in [6.07, 6.45) is 3.81. The number of urea groups is 1. The van der Waals surface area contributed by atoms with Crippen LogP contribution in [0.1, 0.15) is 18.5 Å². The van der Waals surface area contributed by atoms with Crippen molar-refractivity contribution in [3.8, 4) is 5.75 Å². The number of benzene rings is 1. The van der Waals surface area contributed by atoms with E-state index in [9.17, 15) is 9.59 Å². The lowest BCUT2D eigenvalue weighted by Gasteiger charge is -2.18. The molecule has 3 amide bonds. The molecule has 7 nitrogen and oxygen atoms in total. The van der Waals surface area contributed by atoms with Crippen LogP contribution in [0, 0.1) is 0 Å². The minimum Gasteiger partial charge on any atom is -0.484 e. The topological polar surface area (TPSA) is 74.8 Å². The number of nitrogens with zero attached hydrogens (tertiary/aromatic N) is 3. The van der Waals surface area contributed by atoms with E-state index in [0.717, 1.165) is 31.6 Å². The van der Waals surface area contributed by atoms with E-state index in [1.165, 1.54) is 0 Å². The van der Waals surface area contributed by atoms with Gasteiger partial charge < -0.3 is 19.9 Å². The van der Waals surface area contributed by atoms with Gasteiger partial charge in [-0.25, -0.2) is 4.79 Å². The van der Waals surface area contributed by atoms with Crippen LogP contribution in [-0.4, -0.2) is 53.5 Å². The second kappa shape index (κ2) is 9.02. The van der Waals surface area contributed by atoms with Crippen molar-refractivity contribution in [2.24, 2.45) is 0 Å². The van der Waals surface area contributed by atoms with Gasteiger partial charge in [0.2, 0.25) is 0 Å². The minimum absolute atomic E-state index is 0.00275. The molecule has 1 aromatic carbocycles. The average Bonchev–Trinajstić information content (AvgIpc) is 3.22. The maximum Gasteiger partial charge on any atom is 0.321 e. The number of carbonyl (C=O) groups is 2. The summed E-state index contributed by atoms with van der Waals surface area (Å²) in [4.78, 5) is 32.0. The van der Waals surface area contributed by atoms with Crippen LogP contribution in [0.3, 0.4) is 0 Å². The average molecular weight is 368 g/mol. The van der Waals surface area contributed by atoms with Crippen molar-refractivity contribution in [2.45, 2.75) is 19.4 Å².